The number of morpholine rings is 1. The van der Waals surface area contributed by atoms with Crippen molar-refractivity contribution in [3.63, 3.8) is 0 Å². The van der Waals surface area contributed by atoms with Gasteiger partial charge in [0.2, 0.25) is 0 Å². The molecule has 0 aliphatic carbocycles. The van der Waals surface area contributed by atoms with Gasteiger partial charge >= 0.3 is 5.97 Å². The fraction of sp³-hybridized carbons (Fsp3) is 0.400. The molecule has 0 saturated carbocycles. The van der Waals surface area contributed by atoms with Crippen molar-refractivity contribution >= 4 is 11.7 Å². The summed E-state index contributed by atoms with van der Waals surface area (Å²) >= 11 is 0. The molecule has 1 N–H and O–H groups in total. The maximum atomic E-state index is 13.6. The number of hydrogen-bond acceptors (Lipinski definition) is 5. The van der Waals surface area contributed by atoms with Crippen LogP contribution in [0.3, 0.4) is 0 Å². The monoisotopic (exact) mass is 374 g/mol. The summed E-state index contributed by atoms with van der Waals surface area (Å²) in [6.45, 7) is 3.84. The molecule has 6 nitrogen and oxygen atoms in total. The van der Waals surface area contributed by atoms with E-state index in [4.69, 9.17) is 14.6 Å². The number of carboxylic acids is 1. The number of rotatable bonds is 7. The average molecular weight is 374 g/mol. The van der Waals surface area contributed by atoms with Crippen LogP contribution in [0.4, 0.5) is 10.1 Å². The van der Waals surface area contributed by atoms with E-state index in [1.807, 2.05) is 12.1 Å². The molecule has 7 heteroatoms. The van der Waals surface area contributed by atoms with Gasteiger partial charge in [-0.15, -0.1) is 0 Å². The number of nitrogens with zero attached hydrogens (tertiary/aromatic N) is 2. The molecule has 0 bridgehead atoms. The first kappa shape index (κ1) is 19.1. The zero-order valence-corrected chi connectivity index (χ0v) is 15.2. The SMILES string of the molecule is Cc1ccc(COc2cncc(N3CCO[C@@H](CCC(=O)O)C3)c2)cc1F. The van der Waals surface area contributed by atoms with Crippen molar-refractivity contribution in [2.45, 2.75) is 32.5 Å². The highest BCUT2D eigenvalue weighted by atomic mass is 19.1. The molecule has 1 saturated heterocycles. The summed E-state index contributed by atoms with van der Waals surface area (Å²) in [5, 5.41) is 8.83. The van der Waals surface area contributed by atoms with Crippen molar-refractivity contribution in [3.8, 4) is 5.75 Å². The van der Waals surface area contributed by atoms with Gasteiger partial charge in [-0.25, -0.2) is 4.39 Å². The van der Waals surface area contributed by atoms with E-state index < -0.39 is 5.97 Å². The van der Waals surface area contributed by atoms with Crippen molar-refractivity contribution in [3.05, 3.63) is 53.6 Å². The second kappa shape index (κ2) is 8.81. The van der Waals surface area contributed by atoms with Gasteiger partial charge in [0.25, 0.3) is 0 Å². The number of aromatic nitrogens is 1. The fourth-order valence-electron chi connectivity index (χ4n) is 2.97. The Morgan fingerprint density at radius 3 is 3.04 bits per heavy atom. The molecule has 1 fully saturated rings. The Morgan fingerprint density at radius 2 is 2.26 bits per heavy atom. The molecule has 1 atom stereocenters. The van der Waals surface area contributed by atoms with Gasteiger partial charge in [-0.05, 0) is 30.5 Å². The van der Waals surface area contributed by atoms with Crippen LogP contribution < -0.4 is 9.64 Å². The van der Waals surface area contributed by atoms with Crippen LogP contribution in [-0.4, -0.2) is 41.9 Å². The van der Waals surface area contributed by atoms with Crippen molar-refractivity contribution in [2.75, 3.05) is 24.6 Å². The molecule has 3 rings (SSSR count). The highest BCUT2D eigenvalue weighted by Gasteiger charge is 2.22. The van der Waals surface area contributed by atoms with E-state index >= 15 is 0 Å². The van der Waals surface area contributed by atoms with Gasteiger partial charge in [-0.3, -0.25) is 9.78 Å². The van der Waals surface area contributed by atoms with Crippen LogP contribution in [0.25, 0.3) is 0 Å². The zero-order valence-electron chi connectivity index (χ0n) is 15.2. The summed E-state index contributed by atoms with van der Waals surface area (Å²) in [6.07, 6.45) is 3.82. The van der Waals surface area contributed by atoms with Gasteiger partial charge in [0.1, 0.15) is 18.2 Å². The number of pyridine rings is 1. The van der Waals surface area contributed by atoms with E-state index in [1.54, 1.807) is 25.4 Å². The van der Waals surface area contributed by atoms with Crippen molar-refractivity contribution in [1.29, 1.82) is 0 Å². The lowest BCUT2D eigenvalue weighted by molar-refractivity contribution is -0.137. The Morgan fingerprint density at radius 1 is 1.41 bits per heavy atom. The van der Waals surface area contributed by atoms with Crippen LogP contribution in [-0.2, 0) is 16.1 Å². The Balaban J connectivity index is 1.60. The lowest BCUT2D eigenvalue weighted by Gasteiger charge is -2.34. The Kier molecular flexibility index (Phi) is 6.24. The zero-order chi connectivity index (χ0) is 19.2. The van der Waals surface area contributed by atoms with Crippen LogP contribution in [0.15, 0.2) is 36.7 Å². The molecule has 1 aliphatic heterocycles. The number of carboxylic acid groups (broad SMARTS) is 1. The molecule has 1 aromatic heterocycles. The molecular weight excluding hydrogens is 351 g/mol. The molecule has 0 unspecified atom stereocenters. The third kappa shape index (κ3) is 5.40. The topological polar surface area (TPSA) is 71.9 Å². The molecular formula is C20H23FN2O4. The smallest absolute Gasteiger partial charge is 0.303 e. The Bertz CT molecular complexity index is 799. The molecule has 0 radical (unpaired) electrons. The largest absolute Gasteiger partial charge is 0.487 e. The number of benzene rings is 1. The Labute approximate surface area is 157 Å². The summed E-state index contributed by atoms with van der Waals surface area (Å²) < 4.78 is 25.0. The van der Waals surface area contributed by atoms with E-state index in [0.29, 0.717) is 37.4 Å². The second-order valence-corrected chi connectivity index (χ2v) is 6.62. The molecule has 0 amide bonds. The highest BCUT2D eigenvalue weighted by molar-refractivity contribution is 5.66. The first-order chi connectivity index (χ1) is 13.0. The van der Waals surface area contributed by atoms with E-state index in [0.717, 1.165) is 11.3 Å². The van der Waals surface area contributed by atoms with Gasteiger partial charge in [-0.1, -0.05) is 12.1 Å². The third-order valence-corrected chi connectivity index (χ3v) is 4.52. The summed E-state index contributed by atoms with van der Waals surface area (Å²) in [4.78, 5) is 17.1. The minimum absolute atomic E-state index is 0.0903. The van der Waals surface area contributed by atoms with Crippen molar-refractivity contribution in [1.82, 2.24) is 4.98 Å². The van der Waals surface area contributed by atoms with Crippen LogP contribution in [0, 0.1) is 12.7 Å². The normalized spacial score (nSPS) is 17.0. The number of anilines is 1. The minimum Gasteiger partial charge on any atom is -0.487 e. The fourth-order valence-corrected chi connectivity index (χ4v) is 2.97. The lowest BCUT2D eigenvalue weighted by atomic mass is 10.1. The molecule has 1 aliphatic rings. The van der Waals surface area contributed by atoms with E-state index in [9.17, 15) is 9.18 Å². The van der Waals surface area contributed by atoms with Gasteiger partial charge in [-0.2, -0.15) is 0 Å². The van der Waals surface area contributed by atoms with Gasteiger partial charge in [0, 0.05) is 25.6 Å². The summed E-state index contributed by atoms with van der Waals surface area (Å²) in [5.41, 5.74) is 2.25. The van der Waals surface area contributed by atoms with Crippen molar-refractivity contribution in [2.24, 2.45) is 0 Å². The maximum absolute atomic E-state index is 13.6. The maximum Gasteiger partial charge on any atom is 0.303 e. The molecule has 2 heterocycles. The van der Waals surface area contributed by atoms with Crippen LogP contribution in [0.2, 0.25) is 0 Å². The second-order valence-electron chi connectivity index (χ2n) is 6.62. The predicted octanol–water partition coefficient (Wildman–Crippen LogP) is 3.18. The van der Waals surface area contributed by atoms with E-state index in [-0.39, 0.29) is 24.9 Å². The summed E-state index contributed by atoms with van der Waals surface area (Å²) in [5.74, 6) is -0.467. The standard InChI is InChI=1S/C20H23FN2O4/c1-14-2-3-15(8-19(14)21)13-27-18-9-16(10-22-11-18)23-6-7-26-17(12-23)4-5-20(24)25/h2-3,8-11,17H,4-7,12-13H2,1H3,(H,24,25)/t17-/m0/s1. The number of carbonyl (C=O) groups is 1. The highest BCUT2D eigenvalue weighted by Crippen LogP contribution is 2.23. The minimum atomic E-state index is -0.819. The number of aliphatic carboxylic acids is 1. The number of aryl methyl sites for hydroxylation is 1. The van der Waals surface area contributed by atoms with Crippen LogP contribution in [0.1, 0.15) is 24.0 Å². The lowest BCUT2D eigenvalue weighted by Crippen LogP contribution is -2.42. The van der Waals surface area contributed by atoms with Crippen LogP contribution in [0.5, 0.6) is 5.75 Å². The number of hydrogen-bond donors (Lipinski definition) is 1. The Hall–Kier alpha value is -2.67. The average Bonchev–Trinajstić information content (AvgIpc) is 2.68. The summed E-state index contributed by atoms with van der Waals surface area (Å²) in [6, 6.07) is 6.93. The van der Waals surface area contributed by atoms with Crippen LogP contribution >= 0.6 is 0 Å². The number of ether oxygens (including phenoxy) is 2. The molecule has 27 heavy (non-hydrogen) atoms. The first-order valence-corrected chi connectivity index (χ1v) is 8.92. The third-order valence-electron chi connectivity index (χ3n) is 4.52. The summed E-state index contributed by atoms with van der Waals surface area (Å²) in [7, 11) is 0. The van der Waals surface area contributed by atoms with Gasteiger partial charge in [0.15, 0.2) is 0 Å². The van der Waals surface area contributed by atoms with Gasteiger partial charge < -0.3 is 19.5 Å². The van der Waals surface area contributed by atoms with E-state index in [2.05, 4.69) is 9.88 Å². The molecule has 1 aromatic carbocycles. The molecule has 2 aromatic rings. The van der Waals surface area contributed by atoms with E-state index in [1.165, 1.54) is 6.07 Å². The predicted molar refractivity (Wildman–Crippen MR) is 98.5 cm³/mol. The van der Waals surface area contributed by atoms with Crippen molar-refractivity contribution < 1.29 is 23.8 Å². The first-order valence-electron chi connectivity index (χ1n) is 8.92. The number of halogens is 1. The molecule has 144 valence electrons. The quantitative estimate of drug-likeness (QED) is 0.803. The molecule has 0 spiro atoms. The van der Waals surface area contributed by atoms with Gasteiger partial charge in [0.05, 0.1) is 30.8 Å².